The lowest BCUT2D eigenvalue weighted by atomic mass is 10.2. The van der Waals surface area contributed by atoms with E-state index in [0.29, 0.717) is 6.04 Å². The summed E-state index contributed by atoms with van der Waals surface area (Å²) >= 11 is 1.70. The van der Waals surface area contributed by atoms with Crippen molar-refractivity contribution in [2.24, 2.45) is 4.99 Å². The molecule has 0 aliphatic heterocycles. The van der Waals surface area contributed by atoms with Gasteiger partial charge in [-0.1, -0.05) is 54.9 Å². The van der Waals surface area contributed by atoms with E-state index in [1.807, 2.05) is 13.1 Å². The Hall–Kier alpha value is -2.02. The lowest BCUT2D eigenvalue weighted by Crippen LogP contribution is -2.39. The zero-order valence-corrected chi connectivity index (χ0v) is 18.1. The summed E-state index contributed by atoms with van der Waals surface area (Å²) in [6, 6.07) is 11.1. The van der Waals surface area contributed by atoms with Crippen LogP contribution in [0.15, 0.2) is 40.5 Å². The summed E-state index contributed by atoms with van der Waals surface area (Å²) in [6.45, 7) is 1.71. The molecule has 1 aromatic heterocycles. The Morgan fingerprint density at radius 1 is 1.25 bits per heavy atom. The predicted molar refractivity (Wildman–Crippen MR) is 117 cm³/mol. The van der Waals surface area contributed by atoms with Crippen LogP contribution in [0.1, 0.15) is 49.5 Å². The average molecular weight is 401 g/mol. The molecule has 0 spiro atoms. The molecule has 6 nitrogen and oxygen atoms in total. The number of hydrogen-bond acceptors (Lipinski definition) is 4. The molecule has 28 heavy (non-hydrogen) atoms. The van der Waals surface area contributed by atoms with E-state index in [1.165, 1.54) is 31.2 Å². The van der Waals surface area contributed by atoms with Gasteiger partial charge in [0.2, 0.25) is 0 Å². The maximum absolute atomic E-state index is 4.48. The molecule has 1 heterocycles. The van der Waals surface area contributed by atoms with Crippen molar-refractivity contribution in [3.8, 4) is 0 Å². The van der Waals surface area contributed by atoms with Crippen LogP contribution in [0.5, 0.6) is 0 Å². The smallest absolute Gasteiger partial charge is 0.193 e. The molecule has 0 bridgehead atoms. The molecule has 1 fully saturated rings. The van der Waals surface area contributed by atoms with E-state index in [9.17, 15) is 0 Å². The number of aromatic nitrogens is 3. The number of benzene rings is 1. The maximum atomic E-state index is 4.48. The first-order valence-corrected chi connectivity index (χ1v) is 11.4. The highest BCUT2D eigenvalue weighted by Crippen LogP contribution is 2.33. The Bertz CT molecular complexity index is 752. The minimum Gasteiger partial charge on any atom is -0.356 e. The first-order chi connectivity index (χ1) is 13.7. The highest BCUT2D eigenvalue weighted by molar-refractivity contribution is 7.98. The summed E-state index contributed by atoms with van der Waals surface area (Å²) in [5, 5.41) is 13.4. The van der Waals surface area contributed by atoms with Gasteiger partial charge in [-0.3, -0.25) is 4.99 Å². The zero-order valence-electron chi connectivity index (χ0n) is 17.3. The van der Waals surface area contributed by atoms with Gasteiger partial charge < -0.3 is 14.8 Å². The van der Waals surface area contributed by atoms with Gasteiger partial charge in [0.15, 0.2) is 11.1 Å². The SMILES string of the molecule is CN=C(NCCCc1nnc(SC)n1C1CCCC1)N(C)Cc1ccccc1. The Balaban J connectivity index is 1.50. The van der Waals surface area contributed by atoms with E-state index >= 15 is 0 Å². The van der Waals surface area contributed by atoms with Crippen LogP contribution in [0.4, 0.5) is 0 Å². The lowest BCUT2D eigenvalue weighted by Gasteiger charge is -2.22. The van der Waals surface area contributed by atoms with Gasteiger partial charge in [-0.2, -0.15) is 0 Å². The van der Waals surface area contributed by atoms with Crippen molar-refractivity contribution in [1.82, 2.24) is 25.0 Å². The van der Waals surface area contributed by atoms with E-state index in [0.717, 1.165) is 42.9 Å². The fraction of sp³-hybridized carbons (Fsp3) is 0.571. The van der Waals surface area contributed by atoms with Crippen LogP contribution < -0.4 is 5.32 Å². The quantitative estimate of drug-likeness (QED) is 0.316. The minimum absolute atomic E-state index is 0.588. The Morgan fingerprint density at radius 2 is 2.00 bits per heavy atom. The summed E-state index contributed by atoms with van der Waals surface area (Å²) in [4.78, 5) is 6.58. The average Bonchev–Trinajstić information content (AvgIpc) is 3.38. The van der Waals surface area contributed by atoms with E-state index in [1.54, 1.807) is 11.8 Å². The molecule has 1 aliphatic carbocycles. The summed E-state index contributed by atoms with van der Waals surface area (Å²) < 4.78 is 2.40. The molecule has 1 aromatic carbocycles. The van der Waals surface area contributed by atoms with Gasteiger partial charge in [0, 0.05) is 39.6 Å². The Morgan fingerprint density at radius 3 is 2.68 bits per heavy atom. The summed E-state index contributed by atoms with van der Waals surface area (Å²) in [5.41, 5.74) is 1.28. The fourth-order valence-electron chi connectivity index (χ4n) is 3.91. The normalized spacial score (nSPS) is 15.2. The third-order valence-corrected chi connectivity index (χ3v) is 5.95. The van der Waals surface area contributed by atoms with Crippen molar-refractivity contribution in [3.05, 3.63) is 41.7 Å². The summed E-state index contributed by atoms with van der Waals surface area (Å²) in [5.74, 6) is 2.05. The molecule has 0 unspecified atom stereocenters. The van der Waals surface area contributed by atoms with Crippen molar-refractivity contribution in [3.63, 3.8) is 0 Å². The van der Waals surface area contributed by atoms with Gasteiger partial charge >= 0.3 is 0 Å². The molecule has 0 saturated heterocycles. The minimum atomic E-state index is 0.588. The van der Waals surface area contributed by atoms with Crippen molar-refractivity contribution in [1.29, 1.82) is 0 Å². The Kier molecular flexibility index (Phi) is 7.77. The molecular weight excluding hydrogens is 368 g/mol. The maximum Gasteiger partial charge on any atom is 0.193 e. The third kappa shape index (κ3) is 5.28. The van der Waals surface area contributed by atoms with Crippen LogP contribution in [0.25, 0.3) is 0 Å². The number of guanidine groups is 1. The number of aryl methyl sites for hydroxylation is 1. The van der Waals surface area contributed by atoms with Crippen LogP contribution >= 0.6 is 11.8 Å². The third-order valence-electron chi connectivity index (χ3n) is 5.30. The molecule has 7 heteroatoms. The van der Waals surface area contributed by atoms with Gasteiger partial charge in [-0.15, -0.1) is 10.2 Å². The number of aliphatic imine (C=N–C) groups is 1. The number of thioether (sulfide) groups is 1. The number of nitrogens with zero attached hydrogens (tertiary/aromatic N) is 5. The van der Waals surface area contributed by atoms with Crippen molar-refractivity contribution in [2.75, 3.05) is 26.9 Å². The molecule has 0 amide bonds. The lowest BCUT2D eigenvalue weighted by molar-refractivity contribution is 0.457. The number of hydrogen-bond donors (Lipinski definition) is 1. The van der Waals surface area contributed by atoms with Gasteiger partial charge in [-0.25, -0.2) is 0 Å². The molecular formula is C21H32N6S. The predicted octanol–water partition coefficient (Wildman–Crippen LogP) is 3.76. The molecule has 1 N–H and O–H groups in total. The van der Waals surface area contributed by atoms with Crippen molar-refractivity contribution in [2.45, 2.75) is 56.3 Å². The molecule has 1 saturated carbocycles. The second-order valence-corrected chi connectivity index (χ2v) is 8.10. The largest absolute Gasteiger partial charge is 0.356 e. The molecule has 0 radical (unpaired) electrons. The molecule has 0 atom stereocenters. The highest BCUT2D eigenvalue weighted by atomic mass is 32.2. The molecule has 2 aromatic rings. The topological polar surface area (TPSA) is 58.3 Å². The van der Waals surface area contributed by atoms with E-state index in [4.69, 9.17) is 0 Å². The van der Waals surface area contributed by atoms with Crippen molar-refractivity contribution >= 4 is 17.7 Å². The first-order valence-electron chi connectivity index (χ1n) is 10.2. The van der Waals surface area contributed by atoms with E-state index in [2.05, 4.69) is 67.5 Å². The molecule has 3 rings (SSSR count). The fourth-order valence-corrected chi connectivity index (χ4v) is 4.48. The summed E-state index contributed by atoms with van der Waals surface area (Å²) in [7, 11) is 3.91. The van der Waals surface area contributed by atoms with Crippen LogP contribution in [-0.4, -0.2) is 52.5 Å². The number of nitrogens with one attached hydrogen (secondary N) is 1. The number of rotatable bonds is 8. The van der Waals surface area contributed by atoms with Gasteiger partial charge in [-0.05, 0) is 31.1 Å². The van der Waals surface area contributed by atoms with Crippen LogP contribution in [0.3, 0.4) is 0 Å². The molecule has 1 aliphatic rings. The second-order valence-electron chi connectivity index (χ2n) is 7.33. The van der Waals surface area contributed by atoms with E-state index in [-0.39, 0.29) is 0 Å². The van der Waals surface area contributed by atoms with E-state index < -0.39 is 0 Å². The standard InChI is InChI=1S/C21H32N6S/c1-22-20(26(2)16-17-10-5-4-6-11-17)23-15-9-14-19-24-25-21(28-3)27(19)18-12-7-8-13-18/h4-6,10-11,18H,7-9,12-16H2,1-3H3,(H,22,23). The van der Waals surface area contributed by atoms with Crippen molar-refractivity contribution < 1.29 is 0 Å². The van der Waals surface area contributed by atoms with Gasteiger partial charge in [0.1, 0.15) is 5.82 Å². The van der Waals surface area contributed by atoms with Gasteiger partial charge in [0.05, 0.1) is 0 Å². The molecule has 152 valence electrons. The zero-order chi connectivity index (χ0) is 19.8. The first kappa shape index (κ1) is 20.7. The highest BCUT2D eigenvalue weighted by Gasteiger charge is 2.23. The Labute approximate surface area is 172 Å². The summed E-state index contributed by atoms with van der Waals surface area (Å²) in [6.07, 6.45) is 9.20. The van der Waals surface area contributed by atoms with Crippen LogP contribution in [0, 0.1) is 0 Å². The second kappa shape index (κ2) is 10.5. The van der Waals surface area contributed by atoms with Gasteiger partial charge in [0.25, 0.3) is 0 Å². The van der Waals surface area contributed by atoms with Crippen LogP contribution in [-0.2, 0) is 13.0 Å². The monoisotopic (exact) mass is 400 g/mol. The van der Waals surface area contributed by atoms with Crippen LogP contribution in [0.2, 0.25) is 0 Å².